The molecule has 0 amide bonds. The summed E-state index contributed by atoms with van der Waals surface area (Å²) in [5, 5.41) is 3.55. The smallest absolute Gasteiger partial charge is 0.0358 e. The molecule has 1 spiro atoms. The largest absolute Gasteiger partial charge is 0.308 e. The van der Waals surface area contributed by atoms with Gasteiger partial charge in [-0.05, 0) is 24.7 Å². The van der Waals surface area contributed by atoms with E-state index in [-0.39, 0.29) is 0 Å². The first-order valence-corrected chi connectivity index (χ1v) is 4.51. The molecule has 1 unspecified atom stereocenters. The SMILES string of the molecule is C[C@@H]1CCC[C@H](C)C12CN2. The van der Waals surface area contributed by atoms with Gasteiger partial charge in [-0.25, -0.2) is 0 Å². The van der Waals surface area contributed by atoms with Crippen molar-refractivity contribution in [2.24, 2.45) is 11.8 Å². The lowest BCUT2D eigenvalue weighted by atomic mass is 9.73. The summed E-state index contributed by atoms with van der Waals surface area (Å²) in [7, 11) is 0. The Balaban J connectivity index is 2.11. The van der Waals surface area contributed by atoms with E-state index in [1.165, 1.54) is 25.8 Å². The monoisotopic (exact) mass is 139 g/mol. The second kappa shape index (κ2) is 1.97. The van der Waals surface area contributed by atoms with Gasteiger partial charge in [-0.1, -0.05) is 20.3 Å². The van der Waals surface area contributed by atoms with Crippen LogP contribution in [0.2, 0.25) is 0 Å². The molecule has 3 atom stereocenters. The van der Waals surface area contributed by atoms with Crippen molar-refractivity contribution in [2.75, 3.05) is 6.54 Å². The van der Waals surface area contributed by atoms with E-state index in [1.807, 2.05) is 0 Å². The molecule has 1 nitrogen and oxygen atoms in total. The maximum Gasteiger partial charge on any atom is 0.0358 e. The fraction of sp³-hybridized carbons (Fsp3) is 1.00. The van der Waals surface area contributed by atoms with Crippen molar-refractivity contribution in [3.8, 4) is 0 Å². The third kappa shape index (κ3) is 0.731. The molecule has 1 heterocycles. The second-order valence-electron chi connectivity index (χ2n) is 4.13. The molecule has 0 aromatic rings. The molecule has 10 heavy (non-hydrogen) atoms. The molecular weight excluding hydrogens is 122 g/mol. The van der Waals surface area contributed by atoms with Crippen molar-refractivity contribution in [3.05, 3.63) is 0 Å². The molecule has 0 bridgehead atoms. The van der Waals surface area contributed by atoms with Gasteiger partial charge in [0.25, 0.3) is 0 Å². The molecule has 2 fully saturated rings. The van der Waals surface area contributed by atoms with Crippen LogP contribution in [0.25, 0.3) is 0 Å². The Morgan fingerprint density at radius 1 is 1.20 bits per heavy atom. The van der Waals surface area contributed by atoms with Crippen molar-refractivity contribution >= 4 is 0 Å². The minimum absolute atomic E-state index is 0.595. The maximum absolute atomic E-state index is 3.55. The van der Waals surface area contributed by atoms with Crippen LogP contribution in [0.4, 0.5) is 0 Å². The Labute approximate surface area is 63.2 Å². The van der Waals surface area contributed by atoms with E-state index in [9.17, 15) is 0 Å². The lowest BCUT2D eigenvalue weighted by molar-refractivity contribution is 0.222. The van der Waals surface area contributed by atoms with E-state index < -0.39 is 0 Å². The van der Waals surface area contributed by atoms with Crippen molar-refractivity contribution in [1.82, 2.24) is 5.32 Å². The molecule has 1 aliphatic carbocycles. The van der Waals surface area contributed by atoms with Crippen molar-refractivity contribution in [3.63, 3.8) is 0 Å². The first-order valence-electron chi connectivity index (χ1n) is 4.51. The number of nitrogens with one attached hydrogen (secondary N) is 1. The summed E-state index contributed by atoms with van der Waals surface area (Å²) in [6.45, 7) is 6.08. The standard InChI is InChI=1S/C9H17N/c1-7-4-3-5-8(2)9(7)6-10-9/h7-8,10H,3-6H2,1-2H3/t7-,8+,9?. The summed E-state index contributed by atoms with van der Waals surface area (Å²) in [5.41, 5.74) is 0.595. The van der Waals surface area contributed by atoms with Gasteiger partial charge in [0.05, 0.1) is 0 Å². The first-order chi connectivity index (χ1) is 4.76. The summed E-state index contributed by atoms with van der Waals surface area (Å²) >= 11 is 0. The first kappa shape index (κ1) is 6.66. The van der Waals surface area contributed by atoms with Gasteiger partial charge >= 0.3 is 0 Å². The van der Waals surface area contributed by atoms with E-state index in [1.54, 1.807) is 0 Å². The van der Waals surface area contributed by atoms with Crippen molar-refractivity contribution in [1.29, 1.82) is 0 Å². The number of hydrogen-bond donors (Lipinski definition) is 1. The summed E-state index contributed by atoms with van der Waals surface area (Å²) in [4.78, 5) is 0. The Morgan fingerprint density at radius 3 is 2.00 bits per heavy atom. The fourth-order valence-electron chi connectivity index (χ4n) is 2.53. The van der Waals surface area contributed by atoms with Crippen LogP contribution in [0.3, 0.4) is 0 Å². The average Bonchev–Trinajstić information content (AvgIpc) is 2.64. The quantitative estimate of drug-likeness (QED) is 0.508. The van der Waals surface area contributed by atoms with Crippen molar-refractivity contribution < 1.29 is 0 Å². The molecule has 0 radical (unpaired) electrons. The molecular formula is C9H17N. The Bertz CT molecular complexity index is 126. The van der Waals surface area contributed by atoms with Gasteiger partial charge in [-0.2, -0.15) is 0 Å². The van der Waals surface area contributed by atoms with Crippen LogP contribution in [-0.2, 0) is 0 Å². The summed E-state index contributed by atoms with van der Waals surface area (Å²) in [6.07, 6.45) is 4.33. The highest BCUT2D eigenvalue weighted by molar-refractivity contribution is 5.11. The van der Waals surface area contributed by atoms with E-state index in [0.29, 0.717) is 5.54 Å². The third-order valence-corrected chi connectivity index (χ3v) is 3.62. The van der Waals surface area contributed by atoms with E-state index >= 15 is 0 Å². The third-order valence-electron chi connectivity index (χ3n) is 3.62. The second-order valence-corrected chi connectivity index (χ2v) is 4.13. The summed E-state index contributed by atoms with van der Waals surface area (Å²) in [6, 6.07) is 0. The molecule has 58 valence electrons. The topological polar surface area (TPSA) is 21.9 Å². The molecule has 0 aromatic carbocycles. The van der Waals surface area contributed by atoms with E-state index in [2.05, 4.69) is 19.2 Å². The average molecular weight is 139 g/mol. The van der Waals surface area contributed by atoms with E-state index in [4.69, 9.17) is 0 Å². The van der Waals surface area contributed by atoms with Crippen LogP contribution in [0.1, 0.15) is 33.1 Å². The van der Waals surface area contributed by atoms with Gasteiger partial charge in [-0.15, -0.1) is 0 Å². The summed E-state index contributed by atoms with van der Waals surface area (Å²) in [5.74, 6) is 1.85. The lowest BCUT2D eigenvalue weighted by Gasteiger charge is -2.33. The highest BCUT2D eigenvalue weighted by Crippen LogP contribution is 2.43. The predicted octanol–water partition coefficient (Wildman–Crippen LogP) is 1.78. The van der Waals surface area contributed by atoms with Gasteiger partial charge in [-0.3, -0.25) is 0 Å². The molecule has 1 N–H and O–H groups in total. The van der Waals surface area contributed by atoms with E-state index in [0.717, 1.165) is 11.8 Å². The normalized spacial score (nSPS) is 53.4. The lowest BCUT2D eigenvalue weighted by Crippen LogP contribution is -2.36. The Kier molecular flexibility index (Phi) is 1.31. The fourth-order valence-corrected chi connectivity index (χ4v) is 2.53. The van der Waals surface area contributed by atoms with Gasteiger partial charge in [0.2, 0.25) is 0 Å². The highest BCUT2D eigenvalue weighted by atomic mass is 15.2. The maximum atomic E-state index is 3.55. The minimum Gasteiger partial charge on any atom is -0.308 e. The van der Waals surface area contributed by atoms with Gasteiger partial charge < -0.3 is 5.32 Å². The van der Waals surface area contributed by atoms with Gasteiger partial charge in [0.1, 0.15) is 0 Å². The zero-order chi connectivity index (χ0) is 7.19. The molecule has 2 aliphatic rings. The number of rotatable bonds is 0. The van der Waals surface area contributed by atoms with Crippen LogP contribution < -0.4 is 5.32 Å². The molecule has 1 aliphatic heterocycles. The van der Waals surface area contributed by atoms with Crippen LogP contribution >= 0.6 is 0 Å². The van der Waals surface area contributed by atoms with Crippen LogP contribution in [0, 0.1) is 11.8 Å². The molecule has 1 saturated heterocycles. The molecule has 2 rings (SSSR count). The van der Waals surface area contributed by atoms with Crippen LogP contribution in [0.15, 0.2) is 0 Å². The van der Waals surface area contributed by atoms with Crippen LogP contribution in [0.5, 0.6) is 0 Å². The number of hydrogen-bond acceptors (Lipinski definition) is 1. The highest BCUT2D eigenvalue weighted by Gasteiger charge is 2.52. The summed E-state index contributed by atoms with van der Waals surface area (Å²) < 4.78 is 0. The van der Waals surface area contributed by atoms with Gasteiger partial charge in [0, 0.05) is 12.1 Å². The zero-order valence-corrected chi connectivity index (χ0v) is 6.98. The Hall–Kier alpha value is -0.0400. The molecule has 1 saturated carbocycles. The predicted molar refractivity (Wildman–Crippen MR) is 42.9 cm³/mol. The molecule has 1 heteroatoms. The van der Waals surface area contributed by atoms with Crippen molar-refractivity contribution in [2.45, 2.75) is 38.6 Å². The van der Waals surface area contributed by atoms with Crippen LogP contribution in [-0.4, -0.2) is 12.1 Å². The Morgan fingerprint density at radius 2 is 1.70 bits per heavy atom. The molecule has 0 aromatic heterocycles. The zero-order valence-electron chi connectivity index (χ0n) is 6.98. The van der Waals surface area contributed by atoms with Gasteiger partial charge in [0.15, 0.2) is 0 Å². The minimum atomic E-state index is 0.595.